The SMILES string of the molecule is c1ccc2nc(-c3nc(-c4ccc5ccccc5n4)nc(-n4c5ccc6ccccc6c5c5cc(-c6ccc(-c7nc8ccccc8s7)cc6)c6ccccc6c54)n3)ccc2c1. The van der Waals surface area contributed by atoms with Crippen LogP contribution >= 0.6 is 11.3 Å². The summed E-state index contributed by atoms with van der Waals surface area (Å²) in [6, 6.07) is 65.5. The molecule has 288 valence electrons. The first kappa shape index (κ1) is 34.6. The Labute approximate surface area is 358 Å². The lowest BCUT2D eigenvalue weighted by Crippen LogP contribution is -2.07. The Morgan fingerprint density at radius 1 is 0.387 bits per heavy atom. The Hall–Kier alpha value is -8.20. The van der Waals surface area contributed by atoms with Gasteiger partial charge in [0.25, 0.3) is 0 Å². The minimum absolute atomic E-state index is 0.468. The summed E-state index contributed by atoms with van der Waals surface area (Å²) in [6.07, 6.45) is 0. The van der Waals surface area contributed by atoms with Gasteiger partial charge in [0.2, 0.25) is 5.95 Å². The fraction of sp³-hybridized carbons (Fsp3) is 0. The van der Waals surface area contributed by atoms with Crippen LogP contribution in [0.4, 0.5) is 0 Å². The number of para-hydroxylation sites is 3. The summed E-state index contributed by atoms with van der Waals surface area (Å²) in [5.74, 6) is 1.43. The van der Waals surface area contributed by atoms with Crippen molar-refractivity contribution in [3.63, 3.8) is 0 Å². The van der Waals surface area contributed by atoms with Crippen LogP contribution in [-0.2, 0) is 0 Å². The maximum Gasteiger partial charge on any atom is 0.238 e. The predicted molar refractivity (Wildman–Crippen MR) is 255 cm³/mol. The van der Waals surface area contributed by atoms with Crippen LogP contribution in [-0.4, -0.2) is 34.5 Å². The molecule has 13 aromatic rings. The van der Waals surface area contributed by atoms with Crippen LogP contribution in [0.15, 0.2) is 188 Å². The average Bonchev–Trinajstić information content (AvgIpc) is 3.93. The monoisotopic (exact) mass is 809 g/mol. The number of nitrogens with zero attached hydrogens (tertiary/aromatic N) is 7. The van der Waals surface area contributed by atoms with E-state index in [-0.39, 0.29) is 0 Å². The van der Waals surface area contributed by atoms with Crippen LogP contribution < -0.4 is 0 Å². The minimum atomic E-state index is 0.468. The average molecular weight is 810 g/mol. The number of hydrogen-bond acceptors (Lipinski definition) is 7. The number of aromatic nitrogens is 7. The van der Waals surface area contributed by atoms with Crippen molar-refractivity contribution in [3.05, 3.63) is 188 Å². The van der Waals surface area contributed by atoms with E-state index in [0.29, 0.717) is 29.0 Å². The van der Waals surface area contributed by atoms with Gasteiger partial charge in [-0.3, -0.25) is 4.57 Å². The van der Waals surface area contributed by atoms with Crippen molar-refractivity contribution in [1.29, 1.82) is 0 Å². The molecule has 0 atom stereocenters. The number of thiazole rings is 1. The highest BCUT2D eigenvalue weighted by Gasteiger charge is 2.23. The summed E-state index contributed by atoms with van der Waals surface area (Å²) in [7, 11) is 0. The van der Waals surface area contributed by atoms with E-state index in [2.05, 4.69) is 138 Å². The van der Waals surface area contributed by atoms with E-state index in [1.54, 1.807) is 11.3 Å². The zero-order valence-corrected chi connectivity index (χ0v) is 33.8. The van der Waals surface area contributed by atoms with Gasteiger partial charge in [-0.05, 0) is 75.8 Å². The maximum atomic E-state index is 5.31. The first-order chi connectivity index (χ1) is 30.7. The van der Waals surface area contributed by atoms with Gasteiger partial charge in [0.15, 0.2) is 11.6 Å². The molecule has 0 saturated heterocycles. The van der Waals surface area contributed by atoms with Gasteiger partial charge in [0.05, 0.1) is 32.3 Å². The molecule has 0 bridgehead atoms. The fourth-order valence-corrected chi connectivity index (χ4v) is 9.92. The molecular formula is C54H31N7S. The van der Waals surface area contributed by atoms with E-state index >= 15 is 0 Å². The maximum absolute atomic E-state index is 5.31. The Balaban J connectivity index is 1.09. The Morgan fingerprint density at radius 3 is 1.65 bits per heavy atom. The molecule has 7 nitrogen and oxygen atoms in total. The van der Waals surface area contributed by atoms with E-state index in [1.165, 1.54) is 4.70 Å². The Morgan fingerprint density at radius 2 is 0.952 bits per heavy atom. The van der Waals surface area contributed by atoms with Crippen molar-refractivity contribution in [1.82, 2.24) is 34.5 Å². The zero-order valence-electron chi connectivity index (χ0n) is 32.9. The fourth-order valence-electron chi connectivity index (χ4n) is 8.95. The zero-order chi connectivity index (χ0) is 40.7. The topological polar surface area (TPSA) is 82.3 Å². The molecule has 0 spiro atoms. The largest absolute Gasteiger partial charge is 0.277 e. The summed E-state index contributed by atoms with van der Waals surface area (Å²) in [4.78, 5) is 30.8. The van der Waals surface area contributed by atoms with E-state index in [4.69, 9.17) is 29.9 Å². The van der Waals surface area contributed by atoms with Crippen LogP contribution in [0.25, 0.3) is 126 Å². The quantitative estimate of drug-likeness (QED) is 0.172. The molecule has 0 aliphatic carbocycles. The molecule has 13 rings (SSSR count). The third-order valence-electron chi connectivity index (χ3n) is 11.9. The standard InChI is InChI=1S/C54H31N7S/c1-4-14-37-32(11-1)27-30-47-49(37)41-31-40(33-21-23-36(24-22-33)53-57-44-19-9-10-20-48(44)62-53)38-15-5-6-16-39(38)50(41)61(47)54-59-51(45-28-25-34-12-2-7-17-42(34)55-45)58-52(60-54)46-29-26-35-13-3-8-18-43(35)56-46/h1-31H. The minimum Gasteiger partial charge on any atom is -0.277 e. The van der Waals surface area contributed by atoms with Gasteiger partial charge in [-0.1, -0.05) is 140 Å². The van der Waals surface area contributed by atoms with E-state index < -0.39 is 0 Å². The van der Waals surface area contributed by atoms with Crippen LogP contribution in [0.5, 0.6) is 0 Å². The third-order valence-corrected chi connectivity index (χ3v) is 13.0. The molecule has 0 aliphatic heterocycles. The van der Waals surface area contributed by atoms with Crippen LogP contribution in [0.2, 0.25) is 0 Å². The molecule has 0 aliphatic rings. The molecule has 62 heavy (non-hydrogen) atoms. The van der Waals surface area contributed by atoms with Crippen molar-refractivity contribution in [2.45, 2.75) is 0 Å². The molecule has 0 radical (unpaired) electrons. The molecule has 0 saturated carbocycles. The second-order valence-electron chi connectivity index (χ2n) is 15.5. The van der Waals surface area contributed by atoms with Crippen molar-refractivity contribution in [2.75, 3.05) is 0 Å². The summed E-state index contributed by atoms with van der Waals surface area (Å²) < 4.78 is 3.40. The van der Waals surface area contributed by atoms with E-state index in [0.717, 1.165) is 92.4 Å². The van der Waals surface area contributed by atoms with E-state index in [1.807, 2.05) is 54.6 Å². The van der Waals surface area contributed by atoms with Crippen LogP contribution in [0.1, 0.15) is 0 Å². The first-order valence-corrected chi connectivity index (χ1v) is 21.3. The normalized spacial score (nSPS) is 11.9. The smallest absolute Gasteiger partial charge is 0.238 e. The summed E-state index contributed by atoms with van der Waals surface area (Å²) >= 11 is 1.72. The van der Waals surface area contributed by atoms with Crippen molar-refractivity contribution >= 4 is 86.7 Å². The molecule has 0 amide bonds. The number of hydrogen-bond donors (Lipinski definition) is 0. The van der Waals surface area contributed by atoms with Crippen molar-refractivity contribution < 1.29 is 0 Å². The van der Waals surface area contributed by atoms with Crippen LogP contribution in [0, 0.1) is 0 Å². The van der Waals surface area contributed by atoms with Crippen molar-refractivity contribution in [2.24, 2.45) is 0 Å². The highest BCUT2D eigenvalue weighted by Crippen LogP contribution is 2.44. The molecule has 8 heteroatoms. The summed E-state index contributed by atoms with van der Waals surface area (Å²) in [5.41, 5.74) is 9.46. The first-order valence-electron chi connectivity index (χ1n) is 20.5. The number of pyridine rings is 2. The van der Waals surface area contributed by atoms with Gasteiger partial charge in [0.1, 0.15) is 16.4 Å². The number of fused-ring (bicyclic) bond motifs is 10. The second-order valence-corrected chi connectivity index (χ2v) is 16.5. The van der Waals surface area contributed by atoms with Gasteiger partial charge < -0.3 is 0 Å². The predicted octanol–water partition coefficient (Wildman–Crippen LogP) is 13.6. The Kier molecular flexibility index (Phi) is 7.64. The molecule has 0 N–H and O–H groups in total. The highest BCUT2D eigenvalue weighted by molar-refractivity contribution is 7.21. The number of benzene rings is 8. The summed E-state index contributed by atoms with van der Waals surface area (Å²) in [6.45, 7) is 0. The van der Waals surface area contributed by atoms with Gasteiger partial charge >= 0.3 is 0 Å². The molecule has 5 aromatic heterocycles. The molecular weight excluding hydrogens is 779 g/mol. The number of rotatable bonds is 5. The van der Waals surface area contributed by atoms with Crippen LogP contribution in [0.3, 0.4) is 0 Å². The lowest BCUT2D eigenvalue weighted by Gasteiger charge is -2.13. The molecule has 8 aromatic carbocycles. The highest BCUT2D eigenvalue weighted by atomic mass is 32.1. The lowest BCUT2D eigenvalue weighted by atomic mass is 9.94. The lowest BCUT2D eigenvalue weighted by molar-refractivity contribution is 0.947. The second kappa shape index (κ2) is 13.7. The van der Waals surface area contributed by atoms with Crippen molar-refractivity contribution in [3.8, 4) is 50.7 Å². The van der Waals surface area contributed by atoms with Gasteiger partial charge in [0, 0.05) is 32.5 Å². The third kappa shape index (κ3) is 5.51. The van der Waals surface area contributed by atoms with Gasteiger partial charge in [-0.25, -0.2) is 19.9 Å². The molecule has 5 heterocycles. The Bertz CT molecular complexity index is 3810. The molecule has 0 unspecified atom stereocenters. The van der Waals surface area contributed by atoms with Gasteiger partial charge in [-0.15, -0.1) is 11.3 Å². The van der Waals surface area contributed by atoms with Gasteiger partial charge in [-0.2, -0.15) is 9.97 Å². The molecule has 0 fully saturated rings. The van der Waals surface area contributed by atoms with E-state index in [9.17, 15) is 0 Å². The summed E-state index contributed by atoms with van der Waals surface area (Å²) in [5, 5.41) is 9.88.